The van der Waals surface area contributed by atoms with Crippen LogP contribution in [0.4, 0.5) is 15.9 Å². The van der Waals surface area contributed by atoms with E-state index in [1.54, 1.807) is 24.3 Å². The van der Waals surface area contributed by atoms with Gasteiger partial charge in [0.1, 0.15) is 22.9 Å². The summed E-state index contributed by atoms with van der Waals surface area (Å²) < 4.78 is 14.8. The number of nitrogens with one attached hydrogen (secondary N) is 2. The van der Waals surface area contributed by atoms with Crippen molar-refractivity contribution >= 4 is 35.0 Å². The number of allylic oxidation sites excluding steroid dienone is 1. The summed E-state index contributed by atoms with van der Waals surface area (Å²) in [7, 11) is 0. The van der Waals surface area contributed by atoms with Crippen LogP contribution in [0.3, 0.4) is 0 Å². The smallest absolute Gasteiger partial charge is 0.352 e. The average molecular weight is 413 g/mol. The van der Waals surface area contributed by atoms with Crippen molar-refractivity contribution < 1.29 is 19.1 Å². The molecule has 3 N–H and O–H groups in total. The van der Waals surface area contributed by atoms with Crippen LogP contribution in [0.25, 0.3) is 0 Å². The van der Waals surface area contributed by atoms with E-state index in [0.29, 0.717) is 16.3 Å². The third-order valence-electron chi connectivity index (χ3n) is 4.45. The first-order chi connectivity index (χ1) is 13.9. The molecule has 0 unspecified atom stereocenters. The van der Waals surface area contributed by atoms with Crippen LogP contribution in [0.15, 0.2) is 66.5 Å². The number of para-hydroxylation sites is 1. The van der Waals surface area contributed by atoms with Crippen LogP contribution in [0.1, 0.15) is 22.0 Å². The third kappa shape index (κ3) is 3.57. The van der Waals surface area contributed by atoms with Crippen molar-refractivity contribution in [2.45, 2.75) is 6.04 Å². The molecule has 0 aliphatic carbocycles. The minimum atomic E-state index is -1.19. The first-order valence-corrected chi connectivity index (χ1v) is 8.93. The van der Waals surface area contributed by atoms with E-state index in [1.165, 1.54) is 41.2 Å². The van der Waals surface area contributed by atoms with Gasteiger partial charge in [0.05, 0.1) is 22.9 Å². The van der Waals surface area contributed by atoms with E-state index in [9.17, 15) is 19.1 Å². The number of halogens is 2. The first-order valence-electron chi connectivity index (χ1n) is 8.55. The fourth-order valence-corrected chi connectivity index (χ4v) is 3.22. The van der Waals surface area contributed by atoms with Gasteiger partial charge in [0.2, 0.25) is 0 Å². The van der Waals surface area contributed by atoms with Gasteiger partial charge < -0.3 is 15.7 Å². The monoisotopic (exact) mass is 412 g/mol. The van der Waals surface area contributed by atoms with Crippen molar-refractivity contribution in [2.24, 2.45) is 0 Å². The maximum Gasteiger partial charge on any atom is 0.352 e. The number of nitrogens with zero attached hydrogens (tertiary/aromatic N) is 2. The van der Waals surface area contributed by atoms with Crippen LogP contribution in [0.5, 0.6) is 0 Å². The molecule has 0 saturated carbocycles. The van der Waals surface area contributed by atoms with Crippen molar-refractivity contribution in [3.05, 3.63) is 88.5 Å². The number of rotatable bonds is 4. The Labute approximate surface area is 169 Å². The third-order valence-corrected chi connectivity index (χ3v) is 4.77. The quantitative estimate of drug-likeness (QED) is 0.603. The van der Waals surface area contributed by atoms with Gasteiger partial charge in [-0.2, -0.15) is 5.10 Å². The molecule has 2 aromatic carbocycles. The Morgan fingerprint density at radius 2 is 1.90 bits per heavy atom. The molecular weight excluding hydrogens is 399 g/mol. The number of aromatic nitrogens is 2. The van der Waals surface area contributed by atoms with Crippen molar-refractivity contribution in [3.63, 3.8) is 0 Å². The maximum atomic E-state index is 13.3. The molecule has 4 rings (SSSR count). The fourth-order valence-electron chi connectivity index (χ4n) is 3.04. The molecule has 29 heavy (non-hydrogen) atoms. The Bertz CT molecular complexity index is 1140. The summed E-state index contributed by atoms with van der Waals surface area (Å²) in [6, 6.07) is 11.7. The molecule has 0 saturated heterocycles. The second kappa shape index (κ2) is 7.40. The lowest BCUT2D eigenvalue weighted by molar-refractivity contribution is -0.132. The highest BCUT2D eigenvalue weighted by molar-refractivity contribution is 6.34. The van der Waals surface area contributed by atoms with Crippen LogP contribution in [-0.2, 0) is 4.79 Å². The minimum absolute atomic E-state index is 0.112. The topological polar surface area (TPSA) is 96.2 Å². The van der Waals surface area contributed by atoms with Crippen molar-refractivity contribution in [2.75, 3.05) is 10.6 Å². The van der Waals surface area contributed by atoms with Crippen molar-refractivity contribution in [3.8, 4) is 0 Å². The fraction of sp³-hybridized carbons (Fsp3) is 0.0500. The summed E-state index contributed by atoms with van der Waals surface area (Å²) >= 11 is 6.09. The lowest BCUT2D eigenvalue weighted by Gasteiger charge is -2.24. The molecule has 1 amide bonds. The first kappa shape index (κ1) is 18.7. The second-order valence-electron chi connectivity index (χ2n) is 6.29. The Balaban J connectivity index is 1.73. The molecule has 7 nitrogen and oxygen atoms in total. The van der Waals surface area contributed by atoms with Crippen LogP contribution in [-0.4, -0.2) is 26.8 Å². The number of aliphatic carboxylic acids is 1. The molecule has 1 aliphatic heterocycles. The number of benzene rings is 2. The molecule has 0 fully saturated rings. The zero-order valence-corrected chi connectivity index (χ0v) is 15.5. The molecule has 2 heterocycles. The summed E-state index contributed by atoms with van der Waals surface area (Å²) in [6.45, 7) is 0. The van der Waals surface area contributed by atoms with Crippen LogP contribution < -0.4 is 10.6 Å². The molecule has 1 aromatic heterocycles. The Hall–Kier alpha value is -3.65. The van der Waals surface area contributed by atoms with E-state index in [0.717, 1.165) is 0 Å². The number of carbonyl (C=O) groups excluding carboxylic acids is 1. The maximum absolute atomic E-state index is 13.3. The van der Waals surface area contributed by atoms with Gasteiger partial charge in [-0.25, -0.2) is 13.9 Å². The number of hydrogen-bond donors (Lipinski definition) is 3. The number of carboxylic acid groups (broad SMARTS) is 1. The SMILES string of the molecule is O=C(O)C1=C[C@H](c2ccc(F)cc2)n2ncc(C(=O)Nc3ccccc3Cl)c2N1. The number of anilines is 2. The number of fused-ring (bicyclic) bond motifs is 1. The average Bonchev–Trinajstić information content (AvgIpc) is 3.14. The predicted octanol–water partition coefficient (Wildman–Crippen LogP) is 3.91. The lowest BCUT2D eigenvalue weighted by atomic mass is 10.0. The standard InChI is InChI=1S/C20H14ClFN4O3/c21-14-3-1-2-4-15(14)25-19(27)13-10-23-26-17(11-5-7-12(22)8-6-11)9-16(20(28)29)24-18(13)26/h1-10,17,24H,(H,25,27)(H,28,29)/t17-/m1/s1. The van der Waals surface area contributed by atoms with E-state index < -0.39 is 23.7 Å². The molecule has 0 radical (unpaired) electrons. The lowest BCUT2D eigenvalue weighted by Crippen LogP contribution is -2.25. The van der Waals surface area contributed by atoms with Crippen molar-refractivity contribution in [1.82, 2.24) is 9.78 Å². The number of carboxylic acids is 1. The van der Waals surface area contributed by atoms with E-state index >= 15 is 0 Å². The Morgan fingerprint density at radius 3 is 2.59 bits per heavy atom. The zero-order valence-electron chi connectivity index (χ0n) is 14.8. The summed E-state index contributed by atoms with van der Waals surface area (Å²) in [4.78, 5) is 24.4. The molecule has 1 atom stereocenters. The Kier molecular flexibility index (Phi) is 4.77. The molecule has 146 valence electrons. The van der Waals surface area contributed by atoms with Gasteiger partial charge >= 0.3 is 5.97 Å². The van der Waals surface area contributed by atoms with E-state index in [2.05, 4.69) is 15.7 Å². The molecule has 0 spiro atoms. The summed E-state index contributed by atoms with van der Waals surface area (Å²) in [5.74, 6) is -1.90. The molecule has 3 aromatic rings. The van der Waals surface area contributed by atoms with Gasteiger partial charge in [0.15, 0.2) is 0 Å². The van der Waals surface area contributed by atoms with Gasteiger partial charge in [0, 0.05) is 0 Å². The van der Waals surface area contributed by atoms with Gasteiger partial charge in [0.25, 0.3) is 5.91 Å². The summed E-state index contributed by atoms with van der Waals surface area (Å²) in [6.07, 6.45) is 2.79. The predicted molar refractivity (Wildman–Crippen MR) is 106 cm³/mol. The normalized spacial score (nSPS) is 15.1. The minimum Gasteiger partial charge on any atom is -0.477 e. The van der Waals surface area contributed by atoms with Crippen LogP contribution in [0, 0.1) is 5.82 Å². The number of carbonyl (C=O) groups is 2. The van der Waals surface area contributed by atoms with Gasteiger partial charge in [-0.15, -0.1) is 0 Å². The number of hydrogen-bond acceptors (Lipinski definition) is 4. The zero-order chi connectivity index (χ0) is 20.5. The summed E-state index contributed by atoms with van der Waals surface area (Å²) in [5, 5.41) is 19.5. The van der Waals surface area contributed by atoms with E-state index in [-0.39, 0.29) is 17.1 Å². The number of amides is 1. The largest absolute Gasteiger partial charge is 0.477 e. The van der Waals surface area contributed by atoms with E-state index in [1.807, 2.05) is 0 Å². The molecular formula is C20H14ClFN4O3. The highest BCUT2D eigenvalue weighted by Gasteiger charge is 2.29. The van der Waals surface area contributed by atoms with E-state index in [4.69, 9.17) is 11.6 Å². The highest BCUT2D eigenvalue weighted by atomic mass is 35.5. The summed E-state index contributed by atoms with van der Waals surface area (Å²) in [5.41, 5.74) is 1.07. The van der Waals surface area contributed by atoms with Crippen LogP contribution in [0.2, 0.25) is 5.02 Å². The second-order valence-corrected chi connectivity index (χ2v) is 6.70. The van der Waals surface area contributed by atoms with Gasteiger partial charge in [-0.05, 0) is 35.9 Å². The van der Waals surface area contributed by atoms with Crippen molar-refractivity contribution in [1.29, 1.82) is 0 Å². The molecule has 1 aliphatic rings. The van der Waals surface area contributed by atoms with Gasteiger partial charge in [-0.3, -0.25) is 4.79 Å². The molecule has 0 bridgehead atoms. The molecule has 9 heteroatoms. The highest BCUT2D eigenvalue weighted by Crippen LogP contribution is 2.33. The van der Waals surface area contributed by atoms with Gasteiger partial charge in [-0.1, -0.05) is 35.9 Å². The Morgan fingerprint density at radius 1 is 1.17 bits per heavy atom. The van der Waals surface area contributed by atoms with Crippen LogP contribution >= 0.6 is 11.6 Å².